The Labute approximate surface area is 172 Å². The van der Waals surface area contributed by atoms with E-state index in [9.17, 15) is 4.79 Å². The van der Waals surface area contributed by atoms with E-state index in [1.807, 2.05) is 19.1 Å². The van der Waals surface area contributed by atoms with Gasteiger partial charge in [-0.25, -0.2) is 4.99 Å². The molecular weight excluding hydrogens is 451 g/mol. The Kier molecular flexibility index (Phi) is 11.5. The molecule has 0 fully saturated rings. The molecule has 2 N–H and O–H groups in total. The first kappa shape index (κ1) is 24.1. The lowest BCUT2D eigenvalue weighted by molar-refractivity contribution is -0.127. The zero-order valence-corrected chi connectivity index (χ0v) is 18.5. The van der Waals surface area contributed by atoms with Crippen molar-refractivity contribution in [2.24, 2.45) is 4.99 Å². The molecule has 0 bridgehead atoms. The molecule has 0 saturated carbocycles. The van der Waals surface area contributed by atoms with Crippen LogP contribution in [0.5, 0.6) is 17.2 Å². The van der Waals surface area contributed by atoms with Crippen molar-refractivity contribution in [2.75, 3.05) is 48.5 Å². The summed E-state index contributed by atoms with van der Waals surface area (Å²) < 4.78 is 16.0. The molecule has 8 nitrogen and oxygen atoms in total. The van der Waals surface area contributed by atoms with E-state index in [-0.39, 0.29) is 36.4 Å². The minimum Gasteiger partial charge on any atom is -0.493 e. The molecule has 26 heavy (non-hydrogen) atoms. The molecule has 0 saturated heterocycles. The average molecular weight is 480 g/mol. The second-order valence-corrected chi connectivity index (χ2v) is 5.37. The molecule has 1 aromatic carbocycles. The summed E-state index contributed by atoms with van der Waals surface area (Å²) in [4.78, 5) is 17.7. The third kappa shape index (κ3) is 7.14. The van der Waals surface area contributed by atoms with Gasteiger partial charge in [-0.2, -0.15) is 0 Å². The van der Waals surface area contributed by atoms with Crippen LogP contribution in [-0.2, 0) is 11.3 Å². The number of nitrogens with one attached hydrogen (secondary N) is 2. The largest absolute Gasteiger partial charge is 0.493 e. The van der Waals surface area contributed by atoms with Crippen LogP contribution in [-0.4, -0.2) is 65.3 Å². The zero-order chi connectivity index (χ0) is 18.8. The highest BCUT2D eigenvalue weighted by molar-refractivity contribution is 14.0. The Morgan fingerprint density at radius 3 is 2.08 bits per heavy atom. The highest BCUT2D eigenvalue weighted by atomic mass is 127. The Balaban J connectivity index is 0.00000625. The van der Waals surface area contributed by atoms with Gasteiger partial charge in [-0.15, -0.1) is 24.0 Å². The number of rotatable bonds is 8. The monoisotopic (exact) mass is 480 g/mol. The molecule has 0 heterocycles. The molecule has 0 unspecified atom stereocenters. The van der Waals surface area contributed by atoms with Crippen LogP contribution in [0.4, 0.5) is 0 Å². The summed E-state index contributed by atoms with van der Waals surface area (Å²) in [5, 5.41) is 6.12. The van der Waals surface area contributed by atoms with Crippen molar-refractivity contribution in [3.05, 3.63) is 17.7 Å². The van der Waals surface area contributed by atoms with Crippen LogP contribution < -0.4 is 24.8 Å². The van der Waals surface area contributed by atoms with Gasteiger partial charge in [0.1, 0.15) is 0 Å². The number of nitrogens with zero attached hydrogens (tertiary/aromatic N) is 2. The predicted octanol–water partition coefficient (Wildman–Crippen LogP) is 1.47. The van der Waals surface area contributed by atoms with Crippen molar-refractivity contribution in [1.29, 1.82) is 0 Å². The minimum atomic E-state index is -0.0293. The fraction of sp³-hybridized carbons (Fsp3) is 0.529. The number of hydrogen-bond donors (Lipinski definition) is 2. The Morgan fingerprint density at radius 1 is 1.08 bits per heavy atom. The van der Waals surface area contributed by atoms with Crippen molar-refractivity contribution in [2.45, 2.75) is 13.5 Å². The predicted molar refractivity (Wildman–Crippen MR) is 113 cm³/mol. The third-order valence-electron chi connectivity index (χ3n) is 3.39. The highest BCUT2D eigenvalue weighted by Gasteiger charge is 2.13. The fourth-order valence-electron chi connectivity index (χ4n) is 2.06. The van der Waals surface area contributed by atoms with Gasteiger partial charge >= 0.3 is 0 Å². The molecule has 0 radical (unpaired) electrons. The number of hydrogen-bond acceptors (Lipinski definition) is 5. The Morgan fingerprint density at radius 2 is 1.65 bits per heavy atom. The van der Waals surface area contributed by atoms with E-state index in [1.54, 1.807) is 35.4 Å². The molecule has 0 aliphatic heterocycles. The van der Waals surface area contributed by atoms with Crippen molar-refractivity contribution in [3.8, 4) is 17.2 Å². The number of halogens is 1. The van der Waals surface area contributed by atoms with Crippen LogP contribution in [0, 0.1) is 0 Å². The van der Waals surface area contributed by atoms with E-state index >= 15 is 0 Å². The molecule has 0 aromatic heterocycles. The number of likely N-dealkylation sites (N-methyl/N-ethyl adjacent to an activating group) is 1. The van der Waals surface area contributed by atoms with E-state index in [4.69, 9.17) is 14.2 Å². The van der Waals surface area contributed by atoms with Crippen LogP contribution in [0.2, 0.25) is 0 Å². The molecule has 0 aliphatic carbocycles. The summed E-state index contributed by atoms with van der Waals surface area (Å²) in [6.07, 6.45) is 0. The first-order valence-corrected chi connectivity index (χ1v) is 7.98. The number of aliphatic imine (C=N–C) groups is 1. The summed E-state index contributed by atoms with van der Waals surface area (Å²) in [6.45, 7) is 3.22. The minimum absolute atomic E-state index is 0. The van der Waals surface area contributed by atoms with Crippen molar-refractivity contribution in [1.82, 2.24) is 15.5 Å². The van der Waals surface area contributed by atoms with Crippen LogP contribution in [0.1, 0.15) is 12.5 Å². The lowest BCUT2D eigenvalue weighted by atomic mass is 10.2. The summed E-state index contributed by atoms with van der Waals surface area (Å²) in [5.41, 5.74) is 0.894. The van der Waals surface area contributed by atoms with E-state index in [0.29, 0.717) is 36.3 Å². The van der Waals surface area contributed by atoms with E-state index in [2.05, 4.69) is 15.6 Å². The molecule has 9 heteroatoms. The van der Waals surface area contributed by atoms with Gasteiger partial charge in [-0.05, 0) is 24.6 Å². The molecule has 0 atom stereocenters. The van der Waals surface area contributed by atoms with Gasteiger partial charge in [-0.3, -0.25) is 4.79 Å². The Bertz CT molecular complexity index is 583. The first-order valence-electron chi connectivity index (χ1n) is 7.98. The molecule has 1 amide bonds. The van der Waals surface area contributed by atoms with Crippen molar-refractivity contribution in [3.63, 3.8) is 0 Å². The van der Waals surface area contributed by atoms with Gasteiger partial charge in [0, 0.05) is 20.6 Å². The summed E-state index contributed by atoms with van der Waals surface area (Å²) in [5.74, 6) is 2.23. The van der Waals surface area contributed by atoms with E-state index in [0.717, 1.165) is 5.56 Å². The van der Waals surface area contributed by atoms with Gasteiger partial charge in [-0.1, -0.05) is 0 Å². The standard InChI is InChI=1S/C17H28N4O4.HI/c1-7-18-17(20-11-15(22)21(2)3)19-10-12-8-13(23-4)16(25-6)14(9-12)24-5;/h8-9H,7,10-11H2,1-6H3,(H2,18,19,20);1H. The summed E-state index contributed by atoms with van der Waals surface area (Å²) in [6, 6.07) is 3.69. The maximum absolute atomic E-state index is 11.7. The van der Waals surface area contributed by atoms with Crippen molar-refractivity contribution >= 4 is 35.8 Å². The van der Waals surface area contributed by atoms with Gasteiger partial charge < -0.3 is 29.7 Å². The molecular formula is C17H29IN4O4. The smallest absolute Gasteiger partial charge is 0.241 e. The zero-order valence-electron chi connectivity index (χ0n) is 16.2. The topological polar surface area (TPSA) is 84.4 Å². The number of carbonyl (C=O) groups excluding carboxylic acids is 1. The number of ether oxygens (including phenoxy) is 3. The quantitative estimate of drug-likeness (QED) is 0.333. The van der Waals surface area contributed by atoms with Crippen LogP contribution >= 0.6 is 24.0 Å². The van der Waals surface area contributed by atoms with Crippen molar-refractivity contribution < 1.29 is 19.0 Å². The van der Waals surface area contributed by atoms with Gasteiger partial charge in [0.2, 0.25) is 11.7 Å². The maximum Gasteiger partial charge on any atom is 0.241 e. The average Bonchev–Trinajstić information content (AvgIpc) is 2.62. The second-order valence-electron chi connectivity index (χ2n) is 5.37. The molecule has 1 rings (SSSR count). The molecule has 0 spiro atoms. The summed E-state index contributed by atoms with van der Waals surface area (Å²) in [7, 11) is 8.13. The number of methoxy groups -OCH3 is 3. The summed E-state index contributed by atoms with van der Waals surface area (Å²) >= 11 is 0. The Hall–Kier alpha value is -1.91. The SMILES string of the molecule is CCNC(=NCc1cc(OC)c(OC)c(OC)c1)NCC(=O)N(C)C.I. The van der Waals surface area contributed by atoms with Gasteiger partial charge in [0.05, 0.1) is 34.4 Å². The van der Waals surface area contributed by atoms with Gasteiger partial charge in [0.25, 0.3) is 0 Å². The third-order valence-corrected chi connectivity index (χ3v) is 3.39. The number of carbonyl (C=O) groups is 1. The van der Waals surface area contributed by atoms with E-state index in [1.165, 1.54) is 4.90 Å². The van der Waals surface area contributed by atoms with Crippen LogP contribution in [0.3, 0.4) is 0 Å². The number of guanidine groups is 1. The molecule has 0 aliphatic rings. The van der Waals surface area contributed by atoms with Gasteiger partial charge in [0.15, 0.2) is 17.5 Å². The number of benzene rings is 1. The normalized spacial score (nSPS) is 10.5. The molecule has 1 aromatic rings. The lowest BCUT2D eigenvalue weighted by Crippen LogP contribution is -2.42. The van der Waals surface area contributed by atoms with Crippen LogP contribution in [0.15, 0.2) is 17.1 Å². The van der Waals surface area contributed by atoms with E-state index < -0.39 is 0 Å². The highest BCUT2D eigenvalue weighted by Crippen LogP contribution is 2.38. The second kappa shape index (κ2) is 12.4. The molecule has 148 valence electrons. The van der Waals surface area contributed by atoms with Crippen LogP contribution in [0.25, 0.3) is 0 Å². The fourth-order valence-corrected chi connectivity index (χ4v) is 2.06. The number of amides is 1. The lowest BCUT2D eigenvalue weighted by Gasteiger charge is -2.15. The maximum atomic E-state index is 11.7. The first-order chi connectivity index (χ1) is 12.0.